The first-order valence-electron chi connectivity index (χ1n) is 8.04. The van der Waals surface area contributed by atoms with E-state index in [1.165, 1.54) is 5.56 Å². The number of hydrogen-bond acceptors (Lipinski definition) is 2. The Labute approximate surface area is 133 Å². The van der Waals surface area contributed by atoms with Gasteiger partial charge >= 0.3 is 0 Å². The lowest BCUT2D eigenvalue weighted by molar-refractivity contribution is -0.141. The molecule has 0 saturated heterocycles. The first-order valence-corrected chi connectivity index (χ1v) is 8.04. The van der Waals surface area contributed by atoms with Crippen LogP contribution in [0.1, 0.15) is 51.7 Å². The van der Waals surface area contributed by atoms with Crippen molar-refractivity contribution < 1.29 is 9.59 Å². The highest BCUT2D eigenvalue weighted by Gasteiger charge is 2.27. The van der Waals surface area contributed by atoms with Gasteiger partial charge in [-0.2, -0.15) is 0 Å². The van der Waals surface area contributed by atoms with Crippen LogP contribution < -0.4 is 5.32 Å². The zero-order valence-corrected chi connectivity index (χ0v) is 14.3. The zero-order valence-electron chi connectivity index (χ0n) is 14.3. The highest BCUT2D eigenvalue weighted by Crippen LogP contribution is 2.14. The number of rotatable bonds is 7. The highest BCUT2D eigenvalue weighted by molar-refractivity contribution is 5.87. The van der Waals surface area contributed by atoms with Gasteiger partial charge in [0.25, 0.3) is 0 Å². The van der Waals surface area contributed by atoms with Crippen LogP contribution in [0.4, 0.5) is 0 Å². The molecule has 1 N–H and O–H groups in total. The number of aryl methyl sites for hydroxylation is 1. The highest BCUT2D eigenvalue weighted by atomic mass is 16.2. The quantitative estimate of drug-likeness (QED) is 0.841. The van der Waals surface area contributed by atoms with Crippen molar-refractivity contribution in [1.82, 2.24) is 10.2 Å². The van der Waals surface area contributed by atoms with Gasteiger partial charge in [0.2, 0.25) is 11.8 Å². The maximum Gasteiger partial charge on any atom is 0.243 e. The number of carbonyl (C=O) groups excluding carboxylic acids is 2. The predicted octanol–water partition coefficient (Wildman–Crippen LogP) is 3.04. The molecule has 122 valence electrons. The molecule has 0 unspecified atom stereocenters. The van der Waals surface area contributed by atoms with E-state index in [0.29, 0.717) is 19.4 Å². The second-order valence-electron chi connectivity index (χ2n) is 5.95. The van der Waals surface area contributed by atoms with Crippen molar-refractivity contribution in [2.75, 3.05) is 0 Å². The molecule has 0 aromatic heterocycles. The number of amides is 2. The normalized spacial score (nSPS) is 12.1. The van der Waals surface area contributed by atoms with Crippen LogP contribution in [0.25, 0.3) is 0 Å². The Hall–Kier alpha value is -1.84. The molecule has 1 aromatic rings. The summed E-state index contributed by atoms with van der Waals surface area (Å²) in [6.45, 7) is 10.1. The third kappa shape index (κ3) is 5.17. The van der Waals surface area contributed by atoms with Crippen LogP contribution in [0.15, 0.2) is 24.3 Å². The Balaban J connectivity index is 2.97. The second-order valence-corrected chi connectivity index (χ2v) is 5.95. The first-order chi connectivity index (χ1) is 10.4. The molecule has 0 spiro atoms. The number of nitrogens with one attached hydrogen (secondary N) is 1. The molecule has 1 rings (SSSR count). The van der Waals surface area contributed by atoms with Crippen LogP contribution in [0, 0.1) is 6.92 Å². The van der Waals surface area contributed by atoms with Gasteiger partial charge in [0.1, 0.15) is 6.04 Å². The van der Waals surface area contributed by atoms with Crippen molar-refractivity contribution in [3.63, 3.8) is 0 Å². The van der Waals surface area contributed by atoms with Gasteiger partial charge < -0.3 is 10.2 Å². The minimum absolute atomic E-state index is 0.00586. The van der Waals surface area contributed by atoms with E-state index in [4.69, 9.17) is 0 Å². The monoisotopic (exact) mass is 304 g/mol. The number of hydrogen-bond donors (Lipinski definition) is 1. The molecule has 0 saturated carbocycles. The van der Waals surface area contributed by atoms with E-state index >= 15 is 0 Å². The SMILES string of the molecule is CCC(=O)N(Cc1ccc(C)cc1)[C@H](CC)C(=O)NC(C)C. The van der Waals surface area contributed by atoms with Crippen LogP contribution in [0.5, 0.6) is 0 Å². The van der Waals surface area contributed by atoms with Crippen LogP contribution in [-0.2, 0) is 16.1 Å². The van der Waals surface area contributed by atoms with Crippen LogP contribution >= 0.6 is 0 Å². The fraction of sp³-hybridized carbons (Fsp3) is 0.556. The van der Waals surface area contributed by atoms with Crippen LogP contribution in [0.2, 0.25) is 0 Å². The molecule has 0 fully saturated rings. The largest absolute Gasteiger partial charge is 0.352 e. The number of benzene rings is 1. The lowest BCUT2D eigenvalue weighted by Gasteiger charge is -2.31. The van der Waals surface area contributed by atoms with E-state index in [2.05, 4.69) is 5.32 Å². The summed E-state index contributed by atoms with van der Waals surface area (Å²) in [6.07, 6.45) is 1.01. The van der Waals surface area contributed by atoms with Crippen molar-refractivity contribution in [1.29, 1.82) is 0 Å². The lowest BCUT2D eigenvalue weighted by atomic mass is 10.1. The molecule has 4 nitrogen and oxygen atoms in total. The minimum atomic E-state index is -0.420. The average molecular weight is 304 g/mol. The Morgan fingerprint density at radius 3 is 2.18 bits per heavy atom. The number of nitrogens with zero attached hydrogens (tertiary/aromatic N) is 1. The molecule has 0 aliphatic heterocycles. The van der Waals surface area contributed by atoms with Crippen molar-refractivity contribution >= 4 is 11.8 Å². The summed E-state index contributed by atoms with van der Waals surface area (Å²) in [5.74, 6) is -0.0715. The molecule has 0 aliphatic carbocycles. The molecule has 0 heterocycles. The van der Waals surface area contributed by atoms with Crippen molar-refractivity contribution in [3.05, 3.63) is 35.4 Å². The molecule has 4 heteroatoms. The van der Waals surface area contributed by atoms with E-state index in [1.54, 1.807) is 4.90 Å². The Morgan fingerprint density at radius 2 is 1.73 bits per heavy atom. The van der Waals surface area contributed by atoms with Gasteiger partial charge in [-0.3, -0.25) is 9.59 Å². The predicted molar refractivity (Wildman–Crippen MR) is 89.4 cm³/mol. The zero-order chi connectivity index (χ0) is 16.7. The van der Waals surface area contributed by atoms with Crippen LogP contribution in [-0.4, -0.2) is 28.8 Å². The summed E-state index contributed by atoms with van der Waals surface area (Å²) in [4.78, 5) is 26.4. The van der Waals surface area contributed by atoms with Gasteiger partial charge in [-0.15, -0.1) is 0 Å². The van der Waals surface area contributed by atoms with E-state index in [1.807, 2.05) is 58.9 Å². The summed E-state index contributed by atoms with van der Waals surface area (Å²) < 4.78 is 0. The Morgan fingerprint density at radius 1 is 1.14 bits per heavy atom. The molecule has 2 amide bonds. The molecule has 0 bridgehead atoms. The molecule has 22 heavy (non-hydrogen) atoms. The van der Waals surface area contributed by atoms with Gasteiger partial charge in [-0.05, 0) is 32.8 Å². The molecular weight excluding hydrogens is 276 g/mol. The van der Waals surface area contributed by atoms with E-state index in [0.717, 1.165) is 5.56 Å². The van der Waals surface area contributed by atoms with E-state index < -0.39 is 6.04 Å². The smallest absolute Gasteiger partial charge is 0.243 e. The Bertz CT molecular complexity index is 494. The maximum atomic E-state index is 12.4. The number of carbonyl (C=O) groups is 2. The molecule has 1 atom stereocenters. The summed E-state index contributed by atoms with van der Waals surface area (Å²) in [6, 6.07) is 7.73. The van der Waals surface area contributed by atoms with Gasteiger partial charge in [0.15, 0.2) is 0 Å². The fourth-order valence-electron chi connectivity index (χ4n) is 2.39. The van der Waals surface area contributed by atoms with Gasteiger partial charge in [0, 0.05) is 19.0 Å². The summed E-state index contributed by atoms with van der Waals surface area (Å²) >= 11 is 0. The third-order valence-electron chi connectivity index (χ3n) is 3.59. The molecular formula is C18H28N2O2. The van der Waals surface area contributed by atoms with Crippen LogP contribution in [0.3, 0.4) is 0 Å². The van der Waals surface area contributed by atoms with E-state index in [9.17, 15) is 9.59 Å². The summed E-state index contributed by atoms with van der Waals surface area (Å²) in [5.41, 5.74) is 2.23. The average Bonchev–Trinajstić information content (AvgIpc) is 2.47. The third-order valence-corrected chi connectivity index (χ3v) is 3.59. The first kappa shape index (κ1) is 18.2. The minimum Gasteiger partial charge on any atom is -0.352 e. The topological polar surface area (TPSA) is 49.4 Å². The molecule has 0 aliphatic rings. The second kappa shape index (κ2) is 8.57. The van der Waals surface area contributed by atoms with Crippen molar-refractivity contribution in [2.24, 2.45) is 0 Å². The fourth-order valence-corrected chi connectivity index (χ4v) is 2.39. The molecule has 1 aromatic carbocycles. The molecule has 0 radical (unpaired) electrons. The van der Waals surface area contributed by atoms with Gasteiger partial charge in [-0.25, -0.2) is 0 Å². The maximum absolute atomic E-state index is 12.4. The van der Waals surface area contributed by atoms with Crippen molar-refractivity contribution in [2.45, 2.75) is 66.1 Å². The van der Waals surface area contributed by atoms with Crippen molar-refractivity contribution in [3.8, 4) is 0 Å². The lowest BCUT2D eigenvalue weighted by Crippen LogP contribution is -2.50. The Kier molecular flexibility index (Phi) is 7.09. The van der Waals surface area contributed by atoms with Gasteiger partial charge in [-0.1, -0.05) is 43.7 Å². The standard InChI is InChI=1S/C18H28N2O2/c1-6-16(18(22)19-13(3)4)20(17(21)7-2)12-15-10-8-14(5)9-11-15/h8-11,13,16H,6-7,12H2,1-5H3,(H,19,22)/t16-/m1/s1. The summed E-state index contributed by atoms with van der Waals surface area (Å²) in [7, 11) is 0. The van der Waals surface area contributed by atoms with E-state index in [-0.39, 0.29) is 17.9 Å². The van der Waals surface area contributed by atoms with Gasteiger partial charge in [0.05, 0.1) is 0 Å². The summed E-state index contributed by atoms with van der Waals surface area (Å²) in [5, 5.41) is 2.92.